The summed E-state index contributed by atoms with van der Waals surface area (Å²) in [5.41, 5.74) is 7.64. The quantitative estimate of drug-likeness (QED) is 0.646. The maximum atomic E-state index is 11.6. The van der Waals surface area contributed by atoms with Gasteiger partial charge < -0.3 is 10.6 Å². The molecule has 1 aromatic rings. The Labute approximate surface area is 101 Å². The van der Waals surface area contributed by atoms with Crippen LogP contribution < -0.4 is 5.73 Å². The number of hydrogen-bond donors (Lipinski definition) is 1. The summed E-state index contributed by atoms with van der Waals surface area (Å²) in [4.78, 5) is 14.4. The minimum Gasteiger partial charge on any atom is -0.398 e. The van der Waals surface area contributed by atoms with Crippen LogP contribution in [0.1, 0.15) is 12.5 Å². The molecule has 2 N–H and O–H groups in total. The molecule has 0 saturated heterocycles. The lowest BCUT2D eigenvalue weighted by Gasteiger charge is -2.14. The van der Waals surface area contributed by atoms with Gasteiger partial charge in [0.1, 0.15) is 0 Å². The maximum absolute atomic E-state index is 11.6. The Bertz CT molecular complexity index is 379. The SMILES string of the molecule is CCN(C)C(=O)CSc1cccc(N)c1C. The van der Waals surface area contributed by atoms with E-state index < -0.39 is 0 Å². The molecule has 0 aliphatic carbocycles. The summed E-state index contributed by atoms with van der Waals surface area (Å²) >= 11 is 1.54. The van der Waals surface area contributed by atoms with E-state index in [9.17, 15) is 4.79 Å². The summed E-state index contributed by atoms with van der Waals surface area (Å²) in [6, 6.07) is 5.79. The number of nitrogens with zero attached hydrogens (tertiary/aromatic N) is 1. The number of rotatable bonds is 4. The van der Waals surface area contributed by atoms with Crippen molar-refractivity contribution in [2.24, 2.45) is 0 Å². The molecule has 0 bridgehead atoms. The average Bonchev–Trinajstić information content (AvgIpc) is 2.29. The van der Waals surface area contributed by atoms with Crippen LogP contribution in [-0.4, -0.2) is 30.2 Å². The Hall–Kier alpha value is -1.16. The first kappa shape index (κ1) is 12.9. The second-order valence-corrected chi connectivity index (χ2v) is 4.68. The number of carbonyl (C=O) groups excluding carboxylic acids is 1. The highest BCUT2D eigenvalue weighted by Crippen LogP contribution is 2.26. The van der Waals surface area contributed by atoms with Gasteiger partial charge in [0.15, 0.2) is 0 Å². The number of thioether (sulfide) groups is 1. The van der Waals surface area contributed by atoms with Crippen molar-refractivity contribution in [2.45, 2.75) is 18.7 Å². The van der Waals surface area contributed by atoms with Gasteiger partial charge in [-0.3, -0.25) is 4.79 Å². The van der Waals surface area contributed by atoms with Crippen molar-refractivity contribution in [3.8, 4) is 0 Å². The lowest BCUT2D eigenvalue weighted by Crippen LogP contribution is -2.27. The zero-order valence-electron chi connectivity index (χ0n) is 9.99. The molecule has 16 heavy (non-hydrogen) atoms. The van der Waals surface area contributed by atoms with Gasteiger partial charge in [-0.1, -0.05) is 6.07 Å². The van der Waals surface area contributed by atoms with Crippen molar-refractivity contribution in [3.05, 3.63) is 23.8 Å². The molecule has 0 radical (unpaired) electrons. The third kappa shape index (κ3) is 3.17. The Balaban J connectivity index is 2.61. The number of carbonyl (C=O) groups is 1. The number of benzene rings is 1. The minimum atomic E-state index is 0.148. The van der Waals surface area contributed by atoms with Crippen LogP contribution in [0.4, 0.5) is 5.69 Å². The van der Waals surface area contributed by atoms with Crippen LogP contribution in [0.15, 0.2) is 23.1 Å². The van der Waals surface area contributed by atoms with Crippen LogP contribution in [-0.2, 0) is 4.79 Å². The molecule has 0 unspecified atom stereocenters. The summed E-state index contributed by atoms with van der Waals surface area (Å²) in [6.07, 6.45) is 0. The molecule has 0 fully saturated rings. The lowest BCUT2D eigenvalue weighted by atomic mass is 10.2. The number of hydrogen-bond acceptors (Lipinski definition) is 3. The molecule has 88 valence electrons. The van der Waals surface area contributed by atoms with Gasteiger partial charge in [-0.25, -0.2) is 0 Å². The topological polar surface area (TPSA) is 46.3 Å². The Morgan fingerprint density at radius 1 is 1.50 bits per heavy atom. The highest BCUT2D eigenvalue weighted by molar-refractivity contribution is 8.00. The van der Waals surface area contributed by atoms with Crippen molar-refractivity contribution < 1.29 is 4.79 Å². The summed E-state index contributed by atoms with van der Waals surface area (Å²) in [7, 11) is 1.81. The van der Waals surface area contributed by atoms with Gasteiger partial charge in [-0.15, -0.1) is 11.8 Å². The fourth-order valence-electron chi connectivity index (χ4n) is 1.21. The second kappa shape index (κ2) is 5.80. The first-order valence-corrected chi connectivity index (χ1v) is 6.26. The molecule has 0 aliphatic rings. The third-order valence-electron chi connectivity index (χ3n) is 2.58. The molecule has 1 rings (SSSR count). The highest BCUT2D eigenvalue weighted by Gasteiger charge is 2.08. The van der Waals surface area contributed by atoms with E-state index in [0.29, 0.717) is 5.75 Å². The Morgan fingerprint density at radius 2 is 2.19 bits per heavy atom. The fourth-order valence-corrected chi connectivity index (χ4v) is 2.22. The van der Waals surface area contributed by atoms with Crippen molar-refractivity contribution in [2.75, 3.05) is 25.1 Å². The van der Waals surface area contributed by atoms with Crippen molar-refractivity contribution in [1.29, 1.82) is 0 Å². The van der Waals surface area contributed by atoms with E-state index in [-0.39, 0.29) is 5.91 Å². The lowest BCUT2D eigenvalue weighted by molar-refractivity contribution is -0.126. The van der Waals surface area contributed by atoms with E-state index in [1.165, 1.54) is 0 Å². The predicted octanol–water partition coefficient (Wildman–Crippen LogP) is 2.15. The molecule has 1 aromatic carbocycles. The smallest absolute Gasteiger partial charge is 0.232 e. The van der Waals surface area contributed by atoms with Gasteiger partial charge in [-0.2, -0.15) is 0 Å². The first-order chi connectivity index (χ1) is 7.56. The molecule has 3 nitrogen and oxygen atoms in total. The van der Waals surface area contributed by atoms with Gasteiger partial charge >= 0.3 is 0 Å². The molecule has 4 heteroatoms. The van der Waals surface area contributed by atoms with E-state index in [4.69, 9.17) is 5.73 Å². The summed E-state index contributed by atoms with van der Waals surface area (Å²) in [6.45, 7) is 4.69. The Kier molecular flexibility index (Phi) is 4.68. The predicted molar refractivity (Wildman–Crippen MR) is 69.6 cm³/mol. The fraction of sp³-hybridized carbons (Fsp3) is 0.417. The zero-order chi connectivity index (χ0) is 12.1. The molecule has 0 atom stereocenters. The highest BCUT2D eigenvalue weighted by atomic mass is 32.2. The number of amides is 1. The minimum absolute atomic E-state index is 0.148. The largest absolute Gasteiger partial charge is 0.398 e. The maximum Gasteiger partial charge on any atom is 0.232 e. The average molecular weight is 238 g/mol. The molecule has 0 saturated carbocycles. The van der Waals surface area contributed by atoms with Gasteiger partial charge in [0.05, 0.1) is 5.75 Å². The molecule has 0 aromatic heterocycles. The van der Waals surface area contributed by atoms with Crippen molar-refractivity contribution >= 4 is 23.4 Å². The Morgan fingerprint density at radius 3 is 2.81 bits per heavy atom. The number of anilines is 1. The summed E-state index contributed by atoms with van der Waals surface area (Å²) in [5.74, 6) is 0.614. The summed E-state index contributed by atoms with van der Waals surface area (Å²) in [5, 5.41) is 0. The molecule has 0 aliphatic heterocycles. The van der Waals surface area contributed by atoms with Gasteiger partial charge in [0.2, 0.25) is 5.91 Å². The van der Waals surface area contributed by atoms with Crippen LogP contribution in [0.2, 0.25) is 0 Å². The first-order valence-electron chi connectivity index (χ1n) is 5.28. The van der Waals surface area contributed by atoms with Crippen LogP contribution in [0, 0.1) is 6.92 Å². The van der Waals surface area contributed by atoms with Gasteiger partial charge in [0.25, 0.3) is 0 Å². The second-order valence-electron chi connectivity index (χ2n) is 3.67. The van der Waals surface area contributed by atoms with E-state index in [1.807, 2.05) is 39.1 Å². The molecule has 1 amide bonds. The molecular weight excluding hydrogens is 220 g/mol. The van der Waals surface area contributed by atoms with Crippen LogP contribution in [0.3, 0.4) is 0 Å². The molecular formula is C12H18N2OS. The van der Waals surface area contributed by atoms with E-state index in [0.717, 1.165) is 22.7 Å². The molecule has 0 heterocycles. The summed E-state index contributed by atoms with van der Waals surface area (Å²) < 4.78 is 0. The van der Waals surface area contributed by atoms with E-state index >= 15 is 0 Å². The van der Waals surface area contributed by atoms with Gasteiger partial charge in [0, 0.05) is 24.2 Å². The number of nitrogen functional groups attached to an aromatic ring is 1. The number of nitrogens with two attached hydrogens (primary N) is 1. The normalized spacial score (nSPS) is 10.2. The standard InChI is InChI=1S/C12H18N2OS/c1-4-14(3)12(15)8-16-11-7-5-6-10(13)9(11)2/h5-7H,4,8,13H2,1-3H3. The molecule has 0 spiro atoms. The van der Waals surface area contributed by atoms with Gasteiger partial charge in [-0.05, 0) is 31.5 Å². The third-order valence-corrected chi connectivity index (χ3v) is 3.72. The van der Waals surface area contributed by atoms with E-state index in [1.54, 1.807) is 16.7 Å². The van der Waals surface area contributed by atoms with Crippen LogP contribution in [0.25, 0.3) is 0 Å². The van der Waals surface area contributed by atoms with Crippen LogP contribution >= 0.6 is 11.8 Å². The zero-order valence-corrected chi connectivity index (χ0v) is 10.8. The van der Waals surface area contributed by atoms with Crippen molar-refractivity contribution in [1.82, 2.24) is 4.90 Å². The van der Waals surface area contributed by atoms with Crippen LogP contribution in [0.5, 0.6) is 0 Å². The van der Waals surface area contributed by atoms with E-state index in [2.05, 4.69) is 0 Å². The van der Waals surface area contributed by atoms with Crippen molar-refractivity contribution in [3.63, 3.8) is 0 Å². The monoisotopic (exact) mass is 238 g/mol.